The monoisotopic (exact) mass is 510 g/mol. The number of benzene rings is 3. The molecule has 0 aliphatic rings. The number of rotatable bonds is 11. The molecule has 0 aliphatic carbocycles. The van der Waals surface area contributed by atoms with E-state index >= 15 is 0 Å². The second-order valence-corrected chi connectivity index (χ2v) is 10.7. The highest BCUT2D eigenvalue weighted by molar-refractivity contribution is 7.89. The molecule has 0 bridgehead atoms. The molecule has 7 nitrogen and oxygen atoms in total. The van der Waals surface area contributed by atoms with Crippen molar-refractivity contribution in [2.45, 2.75) is 38.0 Å². The Morgan fingerprint density at radius 2 is 1.53 bits per heavy atom. The van der Waals surface area contributed by atoms with Gasteiger partial charge >= 0.3 is 0 Å². The Morgan fingerprint density at radius 3 is 2.11 bits per heavy atom. The van der Waals surface area contributed by atoms with Crippen molar-refractivity contribution in [3.8, 4) is 11.5 Å². The van der Waals surface area contributed by atoms with Gasteiger partial charge in [0, 0.05) is 18.5 Å². The average molecular weight is 511 g/mol. The van der Waals surface area contributed by atoms with Crippen LogP contribution in [-0.2, 0) is 20.2 Å². The van der Waals surface area contributed by atoms with Crippen LogP contribution < -0.4 is 14.8 Å². The quantitative estimate of drug-likeness (QED) is 0.389. The Bertz CT molecular complexity index is 1270. The third-order valence-corrected chi connectivity index (χ3v) is 8.28. The molecule has 8 heteroatoms. The smallest absolute Gasteiger partial charge is 0.262 e. The summed E-state index contributed by atoms with van der Waals surface area (Å²) >= 11 is 0. The van der Waals surface area contributed by atoms with E-state index in [1.54, 1.807) is 13.8 Å². The summed E-state index contributed by atoms with van der Waals surface area (Å²) in [7, 11) is -2.22. The molecule has 0 fully saturated rings. The summed E-state index contributed by atoms with van der Waals surface area (Å²) in [6.07, 6.45) is 0. The fourth-order valence-corrected chi connectivity index (χ4v) is 5.47. The van der Waals surface area contributed by atoms with Crippen LogP contribution in [-0.4, -0.2) is 45.4 Å². The van der Waals surface area contributed by atoms with E-state index in [0.717, 1.165) is 5.56 Å². The van der Waals surface area contributed by atoms with Crippen molar-refractivity contribution in [3.63, 3.8) is 0 Å². The number of carbonyl (C=O) groups is 1. The van der Waals surface area contributed by atoms with Crippen LogP contribution in [0, 0.1) is 0 Å². The van der Waals surface area contributed by atoms with E-state index in [4.69, 9.17) is 9.47 Å². The molecule has 0 atom stereocenters. The fourth-order valence-electron chi connectivity index (χ4n) is 3.98. The number of carbonyl (C=O) groups excluding carboxylic acids is 1. The Balaban J connectivity index is 1.69. The highest BCUT2D eigenvalue weighted by atomic mass is 32.2. The molecule has 0 saturated carbocycles. The van der Waals surface area contributed by atoms with Crippen LogP contribution in [0.25, 0.3) is 0 Å². The van der Waals surface area contributed by atoms with E-state index in [0.29, 0.717) is 24.6 Å². The summed E-state index contributed by atoms with van der Waals surface area (Å²) < 4.78 is 38.1. The van der Waals surface area contributed by atoms with Crippen LogP contribution in [0.5, 0.6) is 11.5 Å². The molecule has 0 radical (unpaired) electrons. The average Bonchev–Trinajstić information content (AvgIpc) is 2.88. The van der Waals surface area contributed by atoms with Crippen molar-refractivity contribution in [1.29, 1.82) is 0 Å². The first-order valence-corrected chi connectivity index (χ1v) is 13.3. The molecule has 3 rings (SSSR count). The van der Waals surface area contributed by atoms with E-state index in [2.05, 4.69) is 31.3 Å². The number of anilines is 1. The molecule has 0 saturated heterocycles. The van der Waals surface area contributed by atoms with Crippen molar-refractivity contribution >= 4 is 21.6 Å². The summed E-state index contributed by atoms with van der Waals surface area (Å²) in [6.45, 7) is 8.34. The van der Waals surface area contributed by atoms with Gasteiger partial charge in [0.25, 0.3) is 5.91 Å². The van der Waals surface area contributed by atoms with Gasteiger partial charge in [-0.25, -0.2) is 8.42 Å². The van der Waals surface area contributed by atoms with Gasteiger partial charge in [-0.2, -0.15) is 4.31 Å². The molecule has 1 N–H and O–H groups in total. The largest absolute Gasteiger partial charge is 0.495 e. The summed E-state index contributed by atoms with van der Waals surface area (Å²) in [5.74, 6) is 0.483. The minimum absolute atomic E-state index is 0.0832. The first-order chi connectivity index (χ1) is 17.1. The Kier molecular flexibility index (Phi) is 8.76. The Morgan fingerprint density at radius 1 is 0.917 bits per heavy atom. The van der Waals surface area contributed by atoms with Gasteiger partial charge in [-0.05, 0) is 41.5 Å². The SMILES string of the molecule is CCN(CC)S(=O)(=O)c1ccc(OC)c(NC(=O)COc2ccc(C(C)(C)c3ccccc3)cc2)c1. The van der Waals surface area contributed by atoms with Gasteiger partial charge in [0.15, 0.2) is 6.61 Å². The number of nitrogens with one attached hydrogen (secondary N) is 1. The van der Waals surface area contributed by atoms with E-state index in [1.807, 2.05) is 42.5 Å². The standard InChI is InChI=1S/C28H34N2O5S/c1-6-30(7-2)36(32,33)24-17-18-26(34-5)25(19-24)29-27(31)20-35-23-15-13-22(14-16-23)28(3,4)21-11-9-8-10-12-21/h8-19H,6-7,20H2,1-5H3,(H,29,31). The van der Waals surface area contributed by atoms with Gasteiger partial charge in [0.05, 0.1) is 17.7 Å². The molecule has 0 spiro atoms. The lowest BCUT2D eigenvalue weighted by atomic mass is 9.78. The third kappa shape index (κ3) is 6.06. The van der Waals surface area contributed by atoms with Crippen molar-refractivity contribution < 1.29 is 22.7 Å². The maximum Gasteiger partial charge on any atom is 0.262 e. The predicted octanol–water partition coefficient (Wildman–Crippen LogP) is 5.07. The van der Waals surface area contributed by atoms with Gasteiger partial charge in [0.1, 0.15) is 11.5 Å². The molecule has 1 amide bonds. The van der Waals surface area contributed by atoms with E-state index in [1.165, 1.54) is 35.2 Å². The Labute approximate surface area is 214 Å². The number of ether oxygens (including phenoxy) is 2. The molecule has 192 valence electrons. The normalized spacial score (nSPS) is 11.8. The molecule has 0 heterocycles. The number of amides is 1. The summed E-state index contributed by atoms with van der Waals surface area (Å²) in [5.41, 5.74) is 2.42. The van der Waals surface area contributed by atoms with Gasteiger partial charge < -0.3 is 14.8 Å². The van der Waals surface area contributed by atoms with E-state index in [-0.39, 0.29) is 22.6 Å². The Hall–Kier alpha value is -3.36. The maximum atomic E-state index is 12.9. The lowest BCUT2D eigenvalue weighted by Crippen LogP contribution is -2.30. The number of sulfonamides is 1. The molecule has 0 unspecified atom stereocenters. The van der Waals surface area contributed by atoms with Crippen molar-refractivity contribution in [2.75, 3.05) is 32.1 Å². The summed E-state index contributed by atoms with van der Waals surface area (Å²) in [6, 6.07) is 22.3. The topological polar surface area (TPSA) is 84.9 Å². The molecule has 0 aliphatic heterocycles. The molecule has 0 aromatic heterocycles. The fraction of sp³-hybridized carbons (Fsp3) is 0.321. The van der Waals surface area contributed by atoms with Gasteiger partial charge in [0.2, 0.25) is 10.0 Å². The van der Waals surface area contributed by atoms with Gasteiger partial charge in [-0.15, -0.1) is 0 Å². The molecule has 3 aromatic rings. The third-order valence-electron chi connectivity index (χ3n) is 6.23. The molecule has 36 heavy (non-hydrogen) atoms. The zero-order valence-corrected chi connectivity index (χ0v) is 22.3. The highest BCUT2D eigenvalue weighted by Gasteiger charge is 2.24. The predicted molar refractivity (Wildman–Crippen MR) is 142 cm³/mol. The summed E-state index contributed by atoms with van der Waals surface area (Å²) in [5, 5.41) is 2.70. The number of nitrogens with zero attached hydrogens (tertiary/aromatic N) is 1. The minimum Gasteiger partial charge on any atom is -0.495 e. The van der Waals surface area contributed by atoms with Crippen LogP contribution in [0.15, 0.2) is 77.7 Å². The van der Waals surface area contributed by atoms with Gasteiger partial charge in [-0.3, -0.25) is 4.79 Å². The van der Waals surface area contributed by atoms with Crippen LogP contribution in [0.4, 0.5) is 5.69 Å². The zero-order valence-electron chi connectivity index (χ0n) is 21.4. The van der Waals surface area contributed by atoms with E-state index < -0.39 is 15.9 Å². The molecular weight excluding hydrogens is 476 g/mol. The van der Waals surface area contributed by atoms with Crippen LogP contribution >= 0.6 is 0 Å². The van der Waals surface area contributed by atoms with Gasteiger partial charge in [-0.1, -0.05) is 70.2 Å². The van der Waals surface area contributed by atoms with E-state index in [9.17, 15) is 13.2 Å². The van der Waals surface area contributed by atoms with Crippen molar-refractivity contribution in [1.82, 2.24) is 4.31 Å². The maximum absolute atomic E-state index is 12.9. The zero-order chi connectivity index (χ0) is 26.3. The minimum atomic E-state index is -3.68. The van der Waals surface area contributed by atoms with Crippen molar-refractivity contribution in [2.24, 2.45) is 0 Å². The van der Waals surface area contributed by atoms with Crippen LogP contribution in [0.3, 0.4) is 0 Å². The summed E-state index contributed by atoms with van der Waals surface area (Å²) in [4.78, 5) is 12.7. The van der Waals surface area contributed by atoms with Crippen LogP contribution in [0.2, 0.25) is 0 Å². The second-order valence-electron chi connectivity index (χ2n) is 8.80. The first-order valence-electron chi connectivity index (χ1n) is 11.9. The van der Waals surface area contributed by atoms with Crippen LogP contribution in [0.1, 0.15) is 38.8 Å². The molecule has 3 aromatic carbocycles. The number of hydrogen-bond acceptors (Lipinski definition) is 5. The first kappa shape index (κ1) is 27.2. The van der Waals surface area contributed by atoms with Crippen molar-refractivity contribution in [3.05, 3.63) is 83.9 Å². The molecular formula is C28H34N2O5S. The number of hydrogen-bond donors (Lipinski definition) is 1. The second kappa shape index (κ2) is 11.6. The number of methoxy groups -OCH3 is 1. The lowest BCUT2D eigenvalue weighted by molar-refractivity contribution is -0.118. The highest BCUT2D eigenvalue weighted by Crippen LogP contribution is 2.32. The lowest BCUT2D eigenvalue weighted by Gasteiger charge is -2.26.